The third-order valence-electron chi connectivity index (χ3n) is 4.43. The number of hydrogen-bond donors (Lipinski definition) is 0. The lowest BCUT2D eigenvalue weighted by Gasteiger charge is -2.43. The van der Waals surface area contributed by atoms with E-state index in [-0.39, 0.29) is 17.7 Å². The van der Waals surface area contributed by atoms with Crippen molar-refractivity contribution in [3.8, 4) is 5.75 Å². The van der Waals surface area contributed by atoms with Crippen molar-refractivity contribution in [1.82, 2.24) is 4.90 Å². The summed E-state index contributed by atoms with van der Waals surface area (Å²) in [5.74, 6) is -2.14. The first-order chi connectivity index (χ1) is 11.6. The first-order valence-corrected chi connectivity index (χ1v) is 8.28. The largest absolute Gasteiger partial charge is 0.486 e. The van der Waals surface area contributed by atoms with Crippen LogP contribution in [0.4, 0.5) is 13.6 Å². The van der Waals surface area contributed by atoms with Gasteiger partial charge >= 0.3 is 6.09 Å². The van der Waals surface area contributed by atoms with Crippen LogP contribution in [-0.2, 0) is 4.74 Å². The van der Waals surface area contributed by atoms with Crippen molar-refractivity contribution < 1.29 is 27.8 Å². The minimum absolute atomic E-state index is 0.0186. The second kappa shape index (κ2) is 5.97. The lowest BCUT2D eigenvalue weighted by atomic mass is 9.82. The molecule has 0 radical (unpaired) electrons. The van der Waals surface area contributed by atoms with E-state index in [2.05, 4.69) is 0 Å². The molecule has 0 N–H and O–H groups in total. The van der Waals surface area contributed by atoms with E-state index in [9.17, 15) is 18.4 Å². The van der Waals surface area contributed by atoms with Crippen LogP contribution in [-0.4, -0.2) is 41.1 Å². The number of carbonyl (C=O) groups excluding carboxylic acids is 2. The van der Waals surface area contributed by atoms with Crippen molar-refractivity contribution in [2.75, 3.05) is 13.1 Å². The van der Waals surface area contributed by atoms with Gasteiger partial charge in [-0.15, -0.1) is 0 Å². The van der Waals surface area contributed by atoms with Crippen LogP contribution < -0.4 is 4.74 Å². The van der Waals surface area contributed by atoms with E-state index in [1.54, 1.807) is 25.7 Å². The number of benzene rings is 1. The third kappa shape index (κ3) is 3.60. The van der Waals surface area contributed by atoms with Gasteiger partial charge in [0.15, 0.2) is 5.78 Å². The zero-order valence-corrected chi connectivity index (χ0v) is 14.5. The van der Waals surface area contributed by atoms with Crippen LogP contribution in [0.3, 0.4) is 0 Å². The number of amides is 1. The van der Waals surface area contributed by atoms with Crippen LogP contribution in [0.15, 0.2) is 12.1 Å². The molecule has 0 aromatic heterocycles. The molecular weight excluding hydrogens is 332 g/mol. The van der Waals surface area contributed by atoms with Crippen molar-refractivity contribution in [3.63, 3.8) is 0 Å². The van der Waals surface area contributed by atoms with Crippen molar-refractivity contribution in [2.24, 2.45) is 0 Å². The maximum atomic E-state index is 13.9. The molecule has 2 heterocycles. The van der Waals surface area contributed by atoms with E-state index in [1.165, 1.54) is 0 Å². The zero-order valence-electron chi connectivity index (χ0n) is 14.5. The number of rotatable bonds is 0. The first kappa shape index (κ1) is 17.6. The van der Waals surface area contributed by atoms with Gasteiger partial charge in [-0.25, -0.2) is 13.6 Å². The van der Waals surface area contributed by atoms with E-state index in [4.69, 9.17) is 9.47 Å². The molecule has 3 rings (SSSR count). The molecule has 1 aromatic rings. The Balaban J connectivity index is 1.74. The molecule has 0 saturated carbocycles. The van der Waals surface area contributed by atoms with E-state index >= 15 is 0 Å². The lowest BCUT2D eigenvalue weighted by Crippen LogP contribution is -2.53. The molecule has 1 aromatic carbocycles. The van der Waals surface area contributed by atoms with E-state index in [0.717, 1.165) is 6.07 Å². The van der Waals surface area contributed by atoms with Gasteiger partial charge in [0.25, 0.3) is 0 Å². The Labute approximate surface area is 144 Å². The topological polar surface area (TPSA) is 55.8 Å². The average Bonchev–Trinajstić information content (AvgIpc) is 2.44. The molecule has 0 unspecified atom stereocenters. The maximum Gasteiger partial charge on any atom is 0.410 e. The van der Waals surface area contributed by atoms with Crippen molar-refractivity contribution in [1.29, 1.82) is 0 Å². The van der Waals surface area contributed by atoms with Gasteiger partial charge in [0.1, 0.15) is 28.6 Å². The van der Waals surface area contributed by atoms with Crippen LogP contribution in [0, 0.1) is 11.6 Å². The summed E-state index contributed by atoms with van der Waals surface area (Å²) in [4.78, 5) is 26.0. The molecule has 1 spiro atoms. The zero-order chi connectivity index (χ0) is 18.4. The Bertz CT molecular complexity index is 719. The van der Waals surface area contributed by atoms with Crippen LogP contribution >= 0.6 is 0 Å². The number of nitrogens with zero attached hydrogens (tertiary/aromatic N) is 1. The molecule has 7 heteroatoms. The second-order valence-corrected chi connectivity index (χ2v) is 7.61. The molecule has 1 saturated heterocycles. The third-order valence-corrected chi connectivity index (χ3v) is 4.43. The smallest absolute Gasteiger partial charge is 0.410 e. The number of piperidine rings is 1. The normalized spacial score (nSPS) is 19.4. The Morgan fingerprint density at radius 1 is 1.24 bits per heavy atom. The summed E-state index contributed by atoms with van der Waals surface area (Å²) in [5.41, 5.74) is -1.61. The van der Waals surface area contributed by atoms with Gasteiger partial charge in [-0.3, -0.25) is 4.79 Å². The number of Topliss-reactive ketones (excluding diaryl/α,β-unsaturated/α-hetero) is 1. The molecule has 0 bridgehead atoms. The van der Waals surface area contributed by atoms with Gasteiger partial charge in [-0.2, -0.15) is 0 Å². The minimum Gasteiger partial charge on any atom is -0.486 e. The van der Waals surface area contributed by atoms with Crippen LogP contribution in [0.2, 0.25) is 0 Å². The fraction of sp³-hybridized carbons (Fsp3) is 0.556. The molecule has 0 aliphatic carbocycles. The Hall–Kier alpha value is -2.18. The molecule has 5 nitrogen and oxygen atoms in total. The average molecular weight is 353 g/mol. The SMILES string of the molecule is CC(C)(C)OC(=O)N1CCC2(CC1)CC(=O)c1c(F)cc(F)cc1O2. The van der Waals surface area contributed by atoms with Crippen LogP contribution in [0.25, 0.3) is 0 Å². The standard InChI is InChI=1S/C18H21F2NO4/c1-17(2,3)25-16(23)21-6-4-18(5-7-21)10-13(22)15-12(20)8-11(19)9-14(15)24-18/h8-9H,4-7,10H2,1-3H3. The summed E-state index contributed by atoms with van der Waals surface area (Å²) in [6.45, 7) is 6.09. The first-order valence-electron chi connectivity index (χ1n) is 8.28. The van der Waals surface area contributed by atoms with Crippen LogP contribution in [0.5, 0.6) is 5.75 Å². The predicted octanol–water partition coefficient (Wildman–Crippen LogP) is 3.70. The number of halogens is 2. The quantitative estimate of drug-likeness (QED) is 0.714. The number of likely N-dealkylation sites (tertiary alicyclic amines) is 1. The Morgan fingerprint density at radius 3 is 2.48 bits per heavy atom. The summed E-state index contributed by atoms with van der Waals surface area (Å²) in [5, 5.41) is 0. The van der Waals surface area contributed by atoms with Gasteiger partial charge in [0.05, 0.1) is 12.0 Å². The predicted molar refractivity (Wildman–Crippen MR) is 85.7 cm³/mol. The summed E-state index contributed by atoms with van der Waals surface area (Å²) in [6, 6.07) is 1.72. The molecule has 1 amide bonds. The lowest BCUT2D eigenvalue weighted by molar-refractivity contribution is -0.0230. The number of hydrogen-bond acceptors (Lipinski definition) is 4. The van der Waals surface area contributed by atoms with E-state index in [1.807, 2.05) is 0 Å². The highest BCUT2D eigenvalue weighted by Gasteiger charge is 2.45. The molecular formula is C18H21F2NO4. The number of ketones is 1. The Kier molecular flexibility index (Phi) is 4.21. The summed E-state index contributed by atoms with van der Waals surface area (Å²) in [7, 11) is 0. The molecule has 136 valence electrons. The molecule has 2 aliphatic heterocycles. The van der Waals surface area contributed by atoms with Gasteiger partial charge in [-0.1, -0.05) is 0 Å². The highest BCUT2D eigenvalue weighted by atomic mass is 19.1. The summed E-state index contributed by atoms with van der Waals surface area (Å²) in [6.07, 6.45) is 0.400. The van der Waals surface area contributed by atoms with E-state index in [0.29, 0.717) is 32.0 Å². The highest BCUT2D eigenvalue weighted by Crippen LogP contribution is 2.40. The van der Waals surface area contributed by atoms with Crippen molar-refractivity contribution in [2.45, 2.75) is 51.2 Å². The van der Waals surface area contributed by atoms with E-state index < -0.39 is 34.7 Å². The Morgan fingerprint density at radius 2 is 1.88 bits per heavy atom. The van der Waals surface area contributed by atoms with Gasteiger partial charge in [-0.05, 0) is 20.8 Å². The van der Waals surface area contributed by atoms with Gasteiger partial charge in [0.2, 0.25) is 0 Å². The number of ether oxygens (including phenoxy) is 2. The number of fused-ring (bicyclic) bond motifs is 1. The van der Waals surface area contributed by atoms with Crippen molar-refractivity contribution in [3.05, 3.63) is 29.3 Å². The van der Waals surface area contributed by atoms with Crippen LogP contribution in [0.1, 0.15) is 50.4 Å². The fourth-order valence-electron chi connectivity index (χ4n) is 3.25. The fourth-order valence-corrected chi connectivity index (χ4v) is 3.25. The number of carbonyl (C=O) groups is 2. The summed E-state index contributed by atoms with van der Waals surface area (Å²) >= 11 is 0. The maximum absolute atomic E-state index is 13.9. The molecule has 0 atom stereocenters. The highest BCUT2D eigenvalue weighted by molar-refractivity contribution is 6.00. The van der Waals surface area contributed by atoms with Crippen molar-refractivity contribution >= 4 is 11.9 Å². The summed E-state index contributed by atoms with van der Waals surface area (Å²) < 4.78 is 38.5. The van der Waals surface area contributed by atoms with Gasteiger partial charge < -0.3 is 14.4 Å². The monoisotopic (exact) mass is 353 g/mol. The second-order valence-electron chi connectivity index (χ2n) is 7.61. The molecule has 25 heavy (non-hydrogen) atoms. The molecule has 2 aliphatic rings. The van der Waals surface area contributed by atoms with Gasteiger partial charge in [0, 0.05) is 38.1 Å². The minimum atomic E-state index is -0.902. The molecule has 1 fully saturated rings.